The van der Waals surface area contributed by atoms with Gasteiger partial charge in [-0.05, 0) is 48.7 Å². The molecule has 0 aromatic carbocycles. The Balaban J connectivity index is 2.18. The summed E-state index contributed by atoms with van der Waals surface area (Å²) in [7, 11) is 0. The lowest BCUT2D eigenvalue weighted by Crippen LogP contribution is -2.43. The van der Waals surface area contributed by atoms with Gasteiger partial charge in [-0.2, -0.15) is 0 Å². The Labute approximate surface area is 116 Å². The van der Waals surface area contributed by atoms with Crippen LogP contribution in [0.3, 0.4) is 0 Å². The molecule has 1 saturated heterocycles. The molecule has 5 heteroatoms. The van der Waals surface area contributed by atoms with Crippen molar-refractivity contribution in [3.8, 4) is 0 Å². The lowest BCUT2D eigenvalue weighted by molar-refractivity contribution is 0.0702. The third kappa shape index (κ3) is 2.78. The van der Waals surface area contributed by atoms with E-state index in [1.807, 2.05) is 21.7 Å². The maximum absolute atomic E-state index is 12.5. The third-order valence-corrected chi connectivity index (χ3v) is 3.85. The van der Waals surface area contributed by atoms with Crippen molar-refractivity contribution in [3.05, 3.63) is 22.4 Å². The van der Waals surface area contributed by atoms with Crippen LogP contribution in [-0.2, 0) is 0 Å². The van der Waals surface area contributed by atoms with Gasteiger partial charge < -0.3 is 15.2 Å². The van der Waals surface area contributed by atoms with Gasteiger partial charge in [0.25, 0.3) is 5.91 Å². The molecular weight excluding hydrogens is 294 g/mol. The second-order valence-electron chi connectivity index (χ2n) is 5.17. The van der Waals surface area contributed by atoms with Crippen LogP contribution < -0.4 is 5.73 Å². The van der Waals surface area contributed by atoms with Crippen LogP contribution in [0.4, 0.5) is 0 Å². The van der Waals surface area contributed by atoms with Crippen LogP contribution in [0.15, 0.2) is 16.7 Å². The molecule has 4 nitrogen and oxygen atoms in total. The third-order valence-electron chi connectivity index (χ3n) is 3.42. The van der Waals surface area contributed by atoms with Crippen molar-refractivity contribution in [1.29, 1.82) is 0 Å². The van der Waals surface area contributed by atoms with Gasteiger partial charge >= 0.3 is 0 Å². The van der Waals surface area contributed by atoms with Gasteiger partial charge in [0.2, 0.25) is 0 Å². The summed E-state index contributed by atoms with van der Waals surface area (Å²) in [5.74, 6) is 0.112. The fourth-order valence-electron chi connectivity index (χ4n) is 2.31. The average molecular weight is 314 g/mol. The zero-order valence-corrected chi connectivity index (χ0v) is 12.5. The Morgan fingerprint density at radius 2 is 2.06 bits per heavy atom. The number of carbonyl (C=O) groups is 1. The quantitative estimate of drug-likeness (QED) is 0.911. The first-order chi connectivity index (χ1) is 8.49. The number of amides is 1. The minimum absolute atomic E-state index is 0.112. The Bertz CT molecular complexity index is 433. The number of hydrogen-bond donors (Lipinski definition) is 1. The number of nitrogens with two attached hydrogens (primary N) is 1. The number of piperidine rings is 1. The second-order valence-corrected chi connectivity index (χ2v) is 6.09. The van der Waals surface area contributed by atoms with E-state index in [9.17, 15) is 4.79 Å². The molecule has 1 fully saturated rings. The first-order valence-electron chi connectivity index (χ1n) is 6.41. The van der Waals surface area contributed by atoms with Crippen LogP contribution in [0, 0.1) is 0 Å². The molecule has 2 rings (SSSR count). The maximum Gasteiger partial charge on any atom is 0.270 e. The molecule has 2 N–H and O–H groups in total. The van der Waals surface area contributed by atoms with E-state index in [4.69, 9.17) is 5.73 Å². The van der Waals surface area contributed by atoms with Gasteiger partial charge in [0, 0.05) is 35.8 Å². The highest BCUT2D eigenvalue weighted by Gasteiger charge is 2.24. The van der Waals surface area contributed by atoms with E-state index in [0.29, 0.717) is 0 Å². The number of halogens is 1. The van der Waals surface area contributed by atoms with Crippen molar-refractivity contribution in [3.63, 3.8) is 0 Å². The monoisotopic (exact) mass is 313 g/mol. The Morgan fingerprint density at radius 3 is 2.61 bits per heavy atom. The topological polar surface area (TPSA) is 51.3 Å². The Kier molecular flexibility index (Phi) is 4.12. The summed E-state index contributed by atoms with van der Waals surface area (Å²) in [5.41, 5.74) is 6.62. The van der Waals surface area contributed by atoms with Gasteiger partial charge in [-0.3, -0.25) is 4.79 Å². The smallest absolute Gasteiger partial charge is 0.270 e. The van der Waals surface area contributed by atoms with Crippen molar-refractivity contribution in [1.82, 2.24) is 9.47 Å². The summed E-state index contributed by atoms with van der Waals surface area (Å²) in [6.45, 7) is 5.69. The van der Waals surface area contributed by atoms with Crippen LogP contribution in [0.2, 0.25) is 0 Å². The predicted molar refractivity (Wildman–Crippen MR) is 75.6 cm³/mol. The minimum atomic E-state index is 0.112. The molecule has 0 saturated carbocycles. The maximum atomic E-state index is 12.5. The lowest BCUT2D eigenvalue weighted by Gasteiger charge is -2.30. The van der Waals surface area contributed by atoms with Gasteiger partial charge in [-0.15, -0.1) is 0 Å². The van der Waals surface area contributed by atoms with E-state index in [1.54, 1.807) is 0 Å². The van der Waals surface area contributed by atoms with E-state index >= 15 is 0 Å². The molecule has 1 aromatic rings. The van der Waals surface area contributed by atoms with Crippen molar-refractivity contribution in [2.75, 3.05) is 13.1 Å². The van der Waals surface area contributed by atoms with Gasteiger partial charge in [-0.1, -0.05) is 0 Å². The Morgan fingerprint density at radius 1 is 1.44 bits per heavy atom. The summed E-state index contributed by atoms with van der Waals surface area (Å²) in [6.07, 6.45) is 3.76. The molecule has 1 aliphatic rings. The van der Waals surface area contributed by atoms with Crippen LogP contribution in [0.1, 0.15) is 43.2 Å². The zero-order valence-electron chi connectivity index (χ0n) is 10.9. The van der Waals surface area contributed by atoms with Crippen LogP contribution in [0.25, 0.3) is 0 Å². The van der Waals surface area contributed by atoms with Crippen molar-refractivity contribution in [2.45, 2.75) is 38.8 Å². The van der Waals surface area contributed by atoms with Gasteiger partial charge in [-0.25, -0.2) is 0 Å². The van der Waals surface area contributed by atoms with Gasteiger partial charge in [0.05, 0.1) is 0 Å². The molecule has 18 heavy (non-hydrogen) atoms. The molecule has 0 bridgehead atoms. The normalized spacial score (nSPS) is 17.5. The van der Waals surface area contributed by atoms with Crippen molar-refractivity contribution in [2.24, 2.45) is 5.73 Å². The number of likely N-dealkylation sites (tertiary alicyclic amines) is 1. The predicted octanol–water partition coefficient (Wildman–Crippen LogP) is 2.39. The molecule has 2 heterocycles. The van der Waals surface area contributed by atoms with Crippen molar-refractivity contribution >= 4 is 21.8 Å². The second kappa shape index (κ2) is 5.45. The molecule has 1 amide bonds. The van der Waals surface area contributed by atoms with E-state index in [0.717, 1.165) is 36.1 Å². The molecule has 0 unspecified atom stereocenters. The molecule has 0 radical (unpaired) electrons. The average Bonchev–Trinajstić information content (AvgIpc) is 2.71. The Hall–Kier alpha value is -0.810. The fourth-order valence-corrected chi connectivity index (χ4v) is 2.75. The molecule has 1 aromatic heterocycles. The first kappa shape index (κ1) is 13.6. The number of carbonyl (C=O) groups excluding carboxylic acids is 1. The number of aromatic nitrogens is 1. The van der Waals surface area contributed by atoms with Gasteiger partial charge in [0.15, 0.2) is 0 Å². The molecule has 1 aliphatic heterocycles. The summed E-state index contributed by atoms with van der Waals surface area (Å²) < 4.78 is 2.97. The number of hydrogen-bond acceptors (Lipinski definition) is 2. The highest BCUT2D eigenvalue weighted by molar-refractivity contribution is 9.10. The zero-order chi connectivity index (χ0) is 13.3. The van der Waals surface area contributed by atoms with E-state index < -0.39 is 0 Å². The molecule has 100 valence electrons. The highest BCUT2D eigenvalue weighted by atomic mass is 79.9. The largest absolute Gasteiger partial charge is 0.340 e. The lowest BCUT2D eigenvalue weighted by atomic mass is 10.1. The standard InChI is InChI=1S/C13H20BrN3O/c1-9(2)17-8-10(14)7-12(17)13(18)16-5-3-11(15)4-6-16/h7-9,11H,3-6,15H2,1-2H3. The SMILES string of the molecule is CC(C)n1cc(Br)cc1C(=O)N1CCC(N)CC1. The summed E-state index contributed by atoms with van der Waals surface area (Å²) in [4.78, 5) is 14.4. The minimum Gasteiger partial charge on any atom is -0.340 e. The molecule has 0 spiro atoms. The fraction of sp³-hybridized carbons (Fsp3) is 0.615. The summed E-state index contributed by atoms with van der Waals surface area (Å²) in [6, 6.07) is 2.43. The van der Waals surface area contributed by atoms with Crippen LogP contribution in [-0.4, -0.2) is 34.5 Å². The summed E-state index contributed by atoms with van der Waals surface area (Å²) >= 11 is 3.44. The van der Waals surface area contributed by atoms with Gasteiger partial charge in [0.1, 0.15) is 5.69 Å². The number of rotatable bonds is 2. The highest BCUT2D eigenvalue weighted by Crippen LogP contribution is 2.22. The number of nitrogens with zero attached hydrogens (tertiary/aromatic N) is 2. The molecule has 0 aliphatic carbocycles. The van der Waals surface area contributed by atoms with E-state index in [-0.39, 0.29) is 18.0 Å². The van der Waals surface area contributed by atoms with Crippen LogP contribution >= 0.6 is 15.9 Å². The molecular formula is C13H20BrN3O. The summed E-state index contributed by atoms with van der Waals surface area (Å²) in [5, 5.41) is 0. The molecule has 0 atom stereocenters. The van der Waals surface area contributed by atoms with E-state index in [1.165, 1.54) is 0 Å². The van der Waals surface area contributed by atoms with Crippen molar-refractivity contribution < 1.29 is 4.79 Å². The van der Waals surface area contributed by atoms with Crippen LogP contribution in [0.5, 0.6) is 0 Å². The van der Waals surface area contributed by atoms with E-state index in [2.05, 4.69) is 29.8 Å². The first-order valence-corrected chi connectivity index (χ1v) is 7.20.